The summed E-state index contributed by atoms with van der Waals surface area (Å²) in [4.78, 5) is 4.17. The van der Waals surface area contributed by atoms with Crippen molar-refractivity contribution in [3.05, 3.63) is 18.7 Å². The summed E-state index contributed by atoms with van der Waals surface area (Å²) in [6, 6.07) is 0.765. The zero-order chi connectivity index (χ0) is 14.9. The molecule has 2 N–H and O–H groups in total. The lowest BCUT2D eigenvalue weighted by molar-refractivity contribution is 0.113. The van der Waals surface area contributed by atoms with Crippen LogP contribution in [0.15, 0.2) is 18.7 Å². The molecule has 4 heteroatoms. The van der Waals surface area contributed by atoms with Crippen molar-refractivity contribution < 1.29 is 0 Å². The number of nitrogens with zero attached hydrogens (tertiary/aromatic N) is 2. The first-order chi connectivity index (χ1) is 10.8. The smallest absolute Gasteiger partial charge is 0.0946 e. The van der Waals surface area contributed by atoms with Gasteiger partial charge < -0.3 is 15.2 Å². The van der Waals surface area contributed by atoms with E-state index in [1.165, 1.54) is 71.0 Å². The van der Waals surface area contributed by atoms with Crippen LogP contribution in [-0.4, -0.2) is 35.2 Å². The highest BCUT2D eigenvalue weighted by atomic mass is 15.1. The number of aromatic nitrogens is 2. The van der Waals surface area contributed by atoms with Gasteiger partial charge in [0, 0.05) is 36.9 Å². The average molecular weight is 302 g/mol. The molecule has 4 nitrogen and oxygen atoms in total. The number of piperidine rings is 1. The second-order valence-electron chi connectivity index (χ2n) is 8.14. The SMILES string of the molecule is c1cn(CC2(CNC3CCC4(CCNCC4)CC3)CC2)cn1. The molecule has 1 aliphatic heterocycles. The van der Waals surface area contributed by atoms with Crippen molar-refractivity contribution in [1.29, 1.82) is 0 Å². The van der Waals surface area contributed by atoms with Gasteiger partial charge in [-0.15, -0.1) is 0 Å². The van der Waals surface area contributed by atoms with Crippen molar-refractivity contribution in [3.8, 4) is 0 Å². The zero-order valence-electron chi connectivity index (χ0n) is 13.7. The molecular weight excluding hydrogens is 272 g/mol. The quantitative estimate of drug-likeness (QED) is 0.878. The standard InChI is InChI=1S/C18H30N4/c1-3-17(7-9-19-10-8-17)4-2-16(1)21-13-18(5-6-18)14-22-12-11-20-15-22/h11-12,15-16,19,21H,1-10,13-14H2. The summed E-state index contributed by atoms with van der Waals surface area (Å²) in [7, 11) is 0. The maximum absolute atomic E-state index is 4.17. The molecule has 2 saturated carbocycles. The van der Waals surface area contributed by atoms with Gasteiger partial charge in [-0.2, -0.15) is 0 Å². The van der Waals surface area contributed by atoms with E-state index in [-0.39, 0.29) is 0 Å². The van der Waals surface area contributed by atoms with Crippen LogP contribution in [0, 0.1) is 10.8 Å². The van der Waals surface area contributed by atoms with Gasteiger partial charge in [-0.25, -0.2) is 4.98 Å². The fraction of sp³-hybridized carbons (Fsp3) is 0.833. The first-order valence-electron chi connectivity index (χ1n) is 9.18. The minimum atomic E-state index is 0.518. The molecule has 2 aliphatic carbocycles. The zero-order valence-corrected chi connectivity index (χ0v) is 13.7. The highest BCUT2D eigenvalue weighted by Crippen LogP contribution is 2.47. The third-order valence-electron chi connectivity index (χ3n) is 6.51. The van der Waals surface area contributed by atoms with Crippen molar-refractivity contribution in [2.75, 3.05) is 19.6 Å². The Morgan fingerprint density at radius 3 is 2.50 bits per heavy atom. The molecule has 22 heavy (non-hydrogen) atoms. The van der Waals surface area contributed by atoms with E-state index < -0.39 is 0 Å². The van der Waals surface area contributed by atoms with E-state index in [1.807, 2.05) is 12.5 Å². The maximum Gasteiger partial charge on any atom is 0.0946 e. The minimum Gasteiger partial charge on any atom is -0.337 e. The van der Waals surface area contributed by atoms with Crippen molar-refractivity contribution in [2.45, 2.75) is 64.0 Å². The van der Waals surface area contributed by atoms with Crippen LogP contribution in [-0.2, 0) is 6.54 Å². The fourth-order valence-electron chi connectivity index (χ4n) is 4.59. The highest BCUT2D eigenvalue weighted by Gasteiger charge is 2.43. The third kappa shape index (κ3) is 3.23. The molecule has 3 fully saturated rings. The number of hydrogen-bond acceptors (Lipinski definition) is 3. The van der Waals surface area contributed by atoms with Gasteiger partial charge >= 0.3 is 0 Å². The molecule has 1 aromatic heterocycles. The predicted octanol–water partition coefficient (Wildman–Crippen LogP) is 2.57. The lowest BCUT2D eigenvalue weighted by atomic mass is 9.67. The molecule has 122 valence electrons. The van der Waals surface area contributed by atoms with Gasteiger partial charge in [0.15, 0.2) is 0 Å². The number of imidazole rings is 1. The summed E-state index contributed by atoms with van der Waals surface area (Å²) in [6.07, 6.45) is 17.2. The van der Waals surface area contributed by atoms with E-state index in [1.54, 1.807) is 0 Å². The Balaban J connectivity index is 1.23. The van der Waals surface area contributed by atoms with Crippen LogP contribution in [0.2, 0.25) is 0 Å². The van der Waals surface area contributed by atoms with Crippen LogP contribution >= 0.6 is 0 Å². The molecule has 0 radical (unpaired) electrons. The van der Waals surface area contributed by atoms with Gasteiger partial charge in [-0.3, -0.25) is 0 Å². The second kappa shape index (κ2) is 5.97. The molecule has 0 atom stereocenters. The van der Waals surface area contributed by atoms with Crippen molar-refractivity contribution >= 4 is 0 Å². The van der Waals surface area contributed by atoms with Crippen molar-refractivity contribution in [1.82, 2.24) is 20.2 Å². The molecule has 0 unspecified atom stereocenters. The molecule has 1 spiro atoms. The maximum atomic E-state index is 4.17. The first-order valence-corrected chi connectivity index (χ1v) is 9.18. The first kappa shape index (κ1) is 14.7. The van der Waals surface area contributed by atoms with E-state index in [2.05, 4.69) is 26.4 Å². The average Bonchev–Trinajstić information content (AvgIpc) is 3.12. The Morgan fingerprint density at radius 1 is 1.09 bits per heavy atom. The van der Waals surface area contributed by atoms with E-state index in [4.69, 9.17) is 0 Å². The van der Waals surface area contributed by atoms with Crippen molar-refractivity contribution in [3.63, 3.8) is 0 Å². The molecule has 4 rings (SSSR count). The Hall–Kier alpha value is -0.870. The van der Waals surface area contributed by atoms with Gasteiger partial charge in [-0.1, -0.05) is 0 Å². The van der Waals surface area contributed by atoms with Crippen LogP contribution in [0.1, 0.15) is 51.4 Å². The van der Waals surface area contributed by atoms with Gasteiger partial charge in [0.1, 0.15) is 0 Å². The van der Waals surface area contributed by atoms with Gasteiger partial charge in [-0.05, 0) is 69.9 Å². The summed E-state index contributed by atoms with van der Waals surface area (Å²) < 4.78 is 2.25. The number of hydrogen-bond donors (Lipinski definition) is 2. The summed E-state index contributed by atoms with van der Waals surface area (Å²) >= 11 is 0. The van der Waals surface area contributed by atoms with Crippen LogP contribution in [0.25, 0.3) is 0 Å². The Morgan fingerprint density at radius 2 is 1.86 bits per heavy atom. The molecule has 1 saturated heterocycles. The van der Waals surface area contributed by atoms with Gasteiger partial charge in [0.05, 0.1) is 6.33 Å². The minimum absolute atomic E-state index is 0.518. The summed E-state index contributed by atoms with van der Waals surface area (Å²) in [6.45, 7) is 4.82. The molecule has 0 amide bonds. The Kier molecular flexibility index (Phi) is 3.99. The normalized spacial score (nSPS) is 27.1. The largest absolute Gasteiger partial charge is 0.337 e. The number of nitrogens with one attached hydrogen (secondary N) is 2. The van der Waals surface area contributed by atoms with Crippen LogP contribution in [0.5, 0.6) is 0 Å². The van der Waals surface area contributed by atoms with Crippen LogP contribution in [0.4, 0.5) is 0 Å². The molecule has 3 aliphatic rings. The van der Waals surface area contributed by atoms with E-state index >= 15 is 0 Å². The monoisotopic (exact) mass is 302 g/mol. The topological polar surface area (TPSA) is 41.9 Å². The van der Waals surface area contributed by atoms with Gasteiger partial charge in [0.2, 0.25) is 0 Å². The Bertz CT molecular complexity index is 461. The Labute approximate surface area is 134 Å². The van der Waals surface area contributed by atoms with Crippen molar-refractivity contribution in [2.24, 2.45) is 10.8 Å². The summed E-state index contributed by atoms with van der Waals surface area (Å²) in [5.74, 6) is 0. The molecule has 0 bridgehead atoms. The molecule has 1 aromatic rings. The molecular formula is C18H30N4. The van der Waals surface area contributed by atoms with E-state index in [0.717, 1.165) is 12.6 Å². The van der Waals surface area contributed by atoms with E-state index in [0.29, 0.717) is 10.8 Å². The van der Waals surface area contributed by atoms with E-state index in [9.17, 15) is 0 Å². The van der Waals surface area contributed by atoms with Gasteiger partial charge in [0.25, 0.3) is 0 Å². The van der Waals surface area contributed by atoms with Crippen LogP contribution in [0.3, 0.4) is 0 Å². The highest BCUT2D eigenvalue weighted by molar-refractivity contribution is 4.98. The lowest BCUT2D eigenvalue weighted by Gasteiger charge is -2.43. The lowest BCUT2D eigenvalue weighted by Crippen LogP contribution is -2.44. The van der Waals surface area contributed by atoms with Crippen LogP contribution < -0.4 is 10.6 Å². The summed E-state index contributed by atoms with van der Waals surface area (Å²) in [5.41, 5.74) is 1.21. The molecule has 2 heterocycles. The fourth-order valence-corrected chi connectivity index (χ4v) is 4.59. The third-order valence-corrected chi connectivity index (χ3v) is 6.51. The summed E-state index contributed by atoms with van der Waals surface area (Å²) in [5, 5.41) is 7.43. The molecule has 0 aromatic carbocycles. The second-order valence-corrected chi connectivity index (χ2v) is 8.14. The number of rotatable bonds is 5. The predicted molar refractivity (Wildman–Crippen MR) is 88.7 cm³/mol.